The van der Waals surface area contributed by atoms with Gasteiger partial charge in [0.05, 0.1) is 6.04 Å². The first-order chi connectivity index (χ1) is 9.37. The number of amides is 1. The van der Waals surface area contributed by atoms with Crippen molar-refractivity contribution in [2.24, 2.45) is 0 Å². The van der Waals surface area contributed by atoms with Gasteiger partial charge in [-0.05, 0) is 61.9 Å². The van der Waals surface area contributed by atoms with Crippen molar-refractivity contribution in [3.05, 3.63) is 22.0 Å². The number of hydrogen-bond donors (Lipinski definition) is 0. The summed E-state index contributed by atoms with van der Waals surface area (Å²) in [5, 5.41) is 0. The number of pyridine rings is 1. The van der Waals surface area contributed by atoms with Gasteiger partial charge in [0.2, 0.25) is 0 Å². The Morgan fingerprint density at radius 3 is 2.85 bits per heavy atom. The summed E-state index contributed by atoms with van der Waals surface area (Å²) in [6.07, 6.45) is 2.40. The monoisotopic (exact) mass is 390 g/mol. The number of aromatic nitrogens is 1. The fourth-order valence-corrected chi connectivity index (χ4v) is 2.34. The predicted octanol–water partition coefficient (Wildman–Crippen LogP) is 3.07. The Bertz CT molecular complexity index is 488. The van der Waals surface area contributed by atoms with Gasteiger partial charge in [0.15, 0.2) is 5.75 Å². The Morgan fingerprint density at radius 2 is 2.30 bits per heavy atom. The van der Waals surface area contributed by atoms with E-state index in [1.54, 1.807) is 11.1 Å². The molecule has 1 saturated heterocycles. The zero-order chi connectivity index (χ0) is 14.8. The molecule has 0 N–H and O–H groups in total. The highest BCUT2D eigenvalue weighted by Gasteiger charge is 2.35. The molecule has 1 aliphatic rings. The Balaban J connectivity index is 1.86. The van der Waals surface area contributed by atoms with Gasteiger partial charge in [-0.1, -0.05) is 0 Å². The van der Waals surface area contributed by atoms with Crippen molar-refractivity contribution in [1.82, 2.24) is 9.88 Å². The van der Waals surface area contributed by atoms with Crippen molar-refractivity contribution in [2.75, 3.05) is 13.2 Å². The molecular formula is C14H19IN2O3. The summed E-state index contributed by atoms with van der Waals surface area (Å²) in [7, 11) is 0. The SMILES string of the molecule is CC(C)(C)OC(=O)N1CCC1COc1cccnc1I. The minimum atomic E-state index is -0.461. The van der Waals surface area contributed by atoms with Crippen LogP contribution < -0.4 is 4.74 Å². The second-order valence-electron chi connectivity index (χ2n) is 5.72. The van der Waals surface area contributed by atoms with Crippen molar-refractivity contribution in [3.63, 3.8) is 0 Å². The molecule has 1 atom stereocenters. The highest BCUT2D eigenvalue weighted by Crippen LogP contribution is 2.23. The summed E-state index contributed by atoms with van der Waals surface area (Å²) in [5.41, 5.74) is -0.461. The Hall–Kier alpha value is -1.05. The molecule has 0 bridgehead atoms. The highest BCUT2D eigenvalue weighted by atomic mass is 127. The largest absolute Gasteiger partial charge is 0.489 e. The Kier molecular flexibility index (Phi) is 4.72. The molecule has 2 heterocycles. The molecule has 1 amide bonds. The average molecular weight is 390 g/mol. The molecule has 1 fully saturated rings. The molecule has 1 aromatic rings. The zero-order valence-electron chi connectivity index (χ0n) is 11.9. The fraction of sp³-hybridized carbons (Fsp3) is 0.571. The van der Waals surface area contributed by atoms with Crippen molar-refractivity contribution >= 4 is 28.7 Å². The molecule has 0 radical (unpaired) electrons. The van der Waals surface area contributed by atoms with Crippen LogP contribution in [0.5, 0.6) is 5.75 Å². The average Bonchev–Trinajstić information content (AvgIpc) is 2.27. The molecule has 1 unspecified atom stereocenters. The minimum Gasteiger partial charge on any atom is -0.489 e. The van der Waals surface area contributed by atoms with Crippen molar-refractivity contribution in [1.29, 1.82) is 0 Å². The molecule has 0 aromatic carbocycles. The van der Waals surface area contributed by atoms with E-state index in [0.29, 0.717) is 6.61 Å². The quantitative estimate of drug-likeness (QED) is 0.588. The van der Waals surface area contributed by atoms with Crippen molar-refractivity contribution in [3.8, 4) is 5.75 Å². The first-order valence-corrected chi connectivity index (χ1v) is 7.67. The van der Waals surface area contributed by atoms with Crippen LogP contribution in [0.3, 0.4) is 0 Å². The molecule has 2 rings (SSSR count). The number of carbonyl (C=O) groups excluding carboxylic acids is 1. The lowest BCUT2D eigenvalue weighted by molar-refractivity contribution is -0.0142. The molecule has 110 valence electrons. The Morgan fingerprint density at radius 1 is 1.55 bits per heavy atom. The molecule has 20 heavy (non-hydrogen) atoms. The molecule has 0 aliphatic carbocycles. The number of nitrogens with zero attached hydrogens (tertiary/aromatic N) is 2. The van der Waals surface area contributed by atoms with E-state index in [1.165, 1.54) is 0 Å². The maximum absolute atomic E-state index is 12.0. The van der Waals surface area contributed by atoms with E-state index in [-0.39, 0.29) is 12.1 Å². The van der Waals surface area contributed by atoms with Crippen LogP contribution in [0.15, 0.2) is 18.3 Å². The lowest BCUT2D eigenvalue weighted by Crippen LogP contribution is -2.55. The van der Waals surface area contributed by atoms with E-state index < -0.39 is 5.60 Å². The van der Waals surface area contributed by atoms with E-state index in [1.807, 2.05) is 32.9 Å². The van der Waals surface area contributed by atoms with Crippen LogP contribution in [0, 0.1) is 3.70 Å². The van der Waals surface area contributed by atoms with Crippen LogP contribution >= 0.6 is 22.6 Å². The summed E-state index contributed by atoms with van der Waals surface area (Å²) < 4.78 is 11.9. The maximum Gasteiger partial charge on any atom is 0.410 e. The van der Waals surface area contributed by atoms with Gasteiger partial charge < -0.3 is 14.4 Å². The zero-order valence-corrected chi connectivity index (χ0v) is 14.1. The van der Waals surface area contributed by atoms with E-state index in [0.717, 1.165) is 22.4 Å². The molecule has 1 aliphatic heterocycles. The third kappa shape index (κ3) is 3.97. The van der Waals surface area contributed by atoms with Gasteiger partial charge in [-0.25, -0.2) is 9.78 Å². The van der Waals surface area contributed by atoms with Crippen LogP contribution in [0.2, 0.25) is 0 Å². The lowest BCUT2D eigenvalue weighted by atomic mass is 10.1. The summed E-state index contributed by atoms with van der Waals surface area (Å²) in [4.78, 5) is 17.8. The summed E-state index contributed by atoms with van der Waals surface area (Å²) in [5.74, 6) is 0.754. The molecule has 6 heteroatoms. The van der Waals surface area contributed by atoms with Crippen molar-refractivity contribution < 1.29 is 14.3 Å². The van der Waals surface area contributed by atoms with Gasteiger partial charge in [-0.2, -0.15) is 0 Å². The molecule has 1 aromatic heterocycles. The third-order valence-corrected chi connectivity index (χ3v) is 3.74. The van der Waals surface area contributed by atoms with Gasteiger partial charge in [0, 0.05) is 12.7 Å². The van der Waals surface area contributed by atoms with Crippen LogP contribution in [0.25, 0.3) is 0 Å². The fourth-order valence-electron chi connectivity index (χ4n) is 1.84. The number of carbonyl (C=O) groups is 1. The highest BCUT2D eigenvalue weighted by molar-refractivity contribution is 14.1. The van der Waals surface area contributed by atoms with E-state index >= 15 is 0 Å². The first-order valence-electron chi connectivity index (χ1n) is 6.60. The summed E-state index contributed by atoms with van der Waals surface area (Å²) in [6, 6.07) is 3.80. The summed E-state index contributed by atoms with van der Waals surface area (Å²) in [6.45, 7) is 6.81. The van der Waals surface area contributed by atoms with Crippen molar-refractivity contribution in [2.45, 2.75) is 38.8 Å². The van der Waals surface area contributed by atoms with E-state index in [2.05, 4.69) is 27.6 Å². The number of halogens is 1. The first kappa shape index (κ1) is 15.3. The van der Waals surface area contributed by atoms with Gasteiger partial charge in [-0.3, -0.25) is 0 Å². The van der Waals surface area contributed by atoms with E-state index in [4.69, 9.17) is 9.47 Å². The van der Waals surface area contributed by atoms with Crippen LogP contribution in [-0.4, -0.2) is 40.8 Å². The minimum absolute atomic E-state index is 0.0841. The number of rotatable bonds is 3. The van der Waals surface area contributed by atoms with Gasteiger partial charge >= 0.3 is 6.09 Å². The van der Waals surface area contributed by atoms with Gasteiger partial charge in [0.1, 0.15) is 15.9 Å². The topological polar surface area (TPSA) is 51.7 Å². The number of hydrogen-bond acceptors (Lipinski definition) is 4. The summed E-state index contributed by atoms with van der Waals surface area (Å²) >= 11 is 2.13. The maximum atomic E-state index is 12.0. The second kappa shape index (κ2) is 6.15. The normalized spacial score (nSPS) is 18.4. The Labute approximate surface area is 132 Å². The molecule has 0 saturated carbocycles. The third-order valence-electron chi connectivity index (χ3n) is 2.93. The smallest absolute Gasteiger partial charge is 0.410 e. The van der Waals surface area contributed by atoms with Gasteiger partial charge in [0.25, 0.3) is 0 Å². The second-order valence-corrected chi connectivity index (χ2v) is 6.74. The standard InChI is InChI=1S/C14H19IN2O3/c1-14(2,3)20-13(18)17-8-6-10(17)9-19-11-5-4-7-16-12(11)15/h4-5,7,10H,6,8-9H2,1-3H3. The van der Waals surface area contributed by atoms with Crippen LogP contribution in [0.4, 0.5) is 4.79 Å². The molecule has 0 spiro atoms. The number of likely N-dealkylation sites (tertiary alicyclic amines) is 1. The number of ether oxygens (including phenoxy) is 2. The molecular weight excluding hydrogens is 371 g/mol. The predicted molar refractivity (Wildman–Crippen MR) is 83.8 cm³/mol. The lowest BCUT2D eigenvalue weighted by Gasteiger charge is -2.41. The van der Waals surface area contributed by atoms with Gasteiger partial charge in [-0.15, -0.1) is 0 Å². The van der Waals surface area contributed by atoms with E-state index in [9.17, 15) is 4.79 Å². The van der Waals surface area contributed by atoms with Crippen LogP contribution in [-0.2, 0) is 4.74 Å². The van der Waals surface area contributed by atoms with Crippen LogP contribution in [0.1, 0.15) is 27.2 Å². The molecule has 5 nitrogen and oxygen atoms in total.